The molecule has 0 saturated heterocycles. The molecule has 0 fully saturated rings. The Morgan fingerprint density at radius 3 is 2.03 bits per heavy atom. The van der Waals surface area contributed by atoms with E-state index in [-0.39, 0.29) is 24.0 Å². The van der Waals surface area contributed by atoms with E-state index in [1.54, 1.807) is 21.3 Å². The second-order valence-electron chi connectivity index (χ2n) is 6.16. The lowest BCUT2D eigenvalue weighted by Crippen LogP contribution is -2.36. The lowest BCUT2D eigenvalue weighted by molar-refractivity contribution is 0.310. The largest absolute Gasteiger partial charge is 0.493 e. The summed E-state index contributed by atoms with van der Waals surface area (Å²) in [7, 11) is 4.89. The molecular formula is C22H32IN3O4. The van der Waals surface area contributed by atoms with Crippen LogP contribution in [-0.2, 0) is 13.1 Å². The molecule has 7 nitrogen and oxygen atoms in total. The van der Waals surface area contributed by atoms with Gasteiger partial charge in [-0.3, -0.25) is 0 Å². The van der Waals surface area contributed by atoms with E-state index in [9.17, 15) is 0 Å². The molecule has 2 rings (SSSR count). The maximum Gasteiger partial charge on any atom is 0.191 e. The van der Waals surface area contributed by atoms with Crippen molar-refractivity contribution in [1.29, 1.82) is 0 Å². The fourth-order valence-electron chi connectivity index (χ4n) is 2.77. The zero-order chi connectivity index (χ0) is 21.1. The Labute approximate surface area is 196 Å². The minimum absolute atomic E-state index is 0. The smallest absolute Gasteiger partial charge is 0.191 e. The highest BCUT2D eigenvalue weighted by Gasteiger charge is 2.07. The third-order valence-corrected chi connectivity index (χ3v) is 4.20. The number of halogens is 1. The second kappa shape index (κ2) is 13.8. The monoisotopic (exact) mass is 529 g/mol. The van der Waals surface area contributed by atoms with Gasteiger partial charge in [-0.1, -0.05) is 12.1 Å². The van der Waals surface area contributed by atoms with Crippen LogP contribution in [0.2, 0.25) is 0 Å². The average Bonchev–Trinajstić information content (AvgIpc) is 2.76. The summed E-state index contributed by atoms with van der Waals surface area (Å²) in [6, 6.07) is 11.7. The number of hydrogen-bond donors (Lipinski definition) is 2. The molecule has 2 aromatic rings. The van der Waals surface area contributed by atoms with Crippen molar-refractivity contribution >= 4 is 29.9 Å². The Morgan fingerprint density at radius 2 is 1.40 bits per heavy atom. The highest BCUT2D eigenvalue weighted by atomic mass is 127. The quantitative estimate of drug-likeness (QED) is 0.276. The van der Waals surface area contributed by atoms with Crippen LogP contribution in [0.15, 0.2) is 41.4 Å². The van der Waals surface area contributed by atoms with Crippen molar-refractivity contribution < 1.29 is 18.9 Å². The van der Waals surface area contributed by atoms with Crippen LogP contribution in [0.1, 0.15) is 25.0 Å². The van der Waals surface area contributed by atoms with E-state index in [2.05, 4.69) is 15.6 Å². The summed E-state index contributed by atoms with van der Waals surface area (Å²) in [5.74, 6) is 3.59. The first-order valence-corrected chi connectivity index (χ1v) is 9.67. The molecule has 0 spiro atoms. The van der Waals surface area contributed by atoms with Gasteiger partial charge in [0.1, 0.15) is 0 Å². The fraction of sp³-hybridized carbons (Fsp3) is 0.409. The van der Waals surface area contributed by atoms with Gasteiger partial charge < -0.3 is 29.6 Å². The molecule has 30 heavy (non-hydrogen) atoms. The third-order valence-electron chi connectivity index (χ3n) is 4.20. The van der Waals surface area contributed by atoms with Crippen LogP contribution in [0.4, 0.5) is 0 Å². The van der Waals surface area contributed by atoms with Gasteiger partial charge in [-0.05, 0) is 49.2 Å². The maximum atomic E-state index is 5.57. The van der Waals surface area contributed by atoms with E-state index < -0.39 is 0 Å². The first kappa shape index (κ1) is 25.7. The molecule has 0 amide bonds. The minimum atomic E-state index is 0. The predicted molar refractivity (Wildman–Crippen MR) is 131 cm³/mol. The van der Waals surface area contributed by atoms with Gasteiger partial charge in [0.2, 0.25) is 0 Å². The lowest BCUT2D eigenvalue weighted by Gasteiger charge is -2.14. The van der Waals surface area contributed by atoms with Crippen molar-refractivity contribution in [3.63, 3.8) is 0 Å². The van der Waals surface area contributed by atoms with E-state index in [0.717, 1.165) is 35.1 Å². The molecule has 0 saturated carbocycles. The first-order chi connectivity index (χ1) is 14.1. The van der Waals surface area contributed by atoms with E-state index in [4.69, 9.17) is 18.9 Å². The second-order valence-corrected chi connectivity index (χ2v) is 6.16. The number of aliphatic imine (C=N–C) groups is 1. The van der Waals surface area contributed by atoms with Gasteiger partial charge in [0.15, 0.2) is 29.0 Å². The van der Waals surface area contributed by atoms with E-state index in [1.807, 2.05) is 50.2 Å². The zero-order valence-electron chi connectivity index (χ0n) is 18.3. The molecule has 0 radical (unpaired) electrons. The molecule has 2 N–H and O–H groups in total. The number of guanidine groups is 1. The van der Waals surface area contributed by atoms with Crippen molar-refractivity contribution in [3.05, 3.63) is 47.5 Å². The van der Waals surface area contributed by atoms with Gasteiger partial charge >= 0.3 is 0 Å². The van der Waals surface area contributed by atoms with Crippen molar-refractivity contribution in [1.82, 2.24) is 10.6 Å². The van der Waals surface area contributed by atoms with Gasteiger partial charge in [0, 0.05) is 13.1 Å². The number of ether oxygens (including phenoxy) is 4. The van der Waals surface area contributed by atoms with E-state index in [0.29, 0.717) is 31.2 Å². The average molecular weight is 529 g/mol. The molecule has 0 aliphatic rings. The van der Waals surface area contributed by atoms with Crippen LogP contribution in [0.3, 0.4) is 0 Å². The van der Waals surface area contributed by atoms with Gasteiger partial charge in [0.05, 0.1) is 34.5 Å². The Balaban J connectivity index is 0.00000450. The minimum Gasteiger partial charge on any atom is -0.493 e. The molecule has 0 aliphatic heterocycles. The first-order valence-electron chi connectivity index (χ1n) is 9.67. The summed E-state index contributed by atoms with van der Waals surface area (Å²) in [6.07, 6.45) is 0. The van der Waals surface area contributed by atoms with Gasteiger partial charge in [-0.25, -0.2) is 4.99 Å². The molecule has 2 aromatic carbocycles. The number of methoxy groups -OCH3 is 3. The predicted octanol–water partition coefficient (Wildman–Crippen LogP) is 3.98. The molecule has 0 unspecified atom stereocenters. The standard InChI is InChI=1S/C22H31N3O4.HI/c1-6-23-22(24-14-16-8-10-18(26-3)20(12-16)27-4)25-15-17-9-11-19(29-7-2)21(13-17)28-5;/h8-13H,6-7,14-15H2,1-5H3,(H2,23,24,25);1H. The van der Waals surface area contributed by atoms with Crippen molar-refractivity contribution in [3.8, 4) is 23.0 Å². The number of nitrogens with one attached hydrogen (secondary N) is 2. The van der Waals surface area contributed by atoms with Gasteiger partial charge in [-0.15, -0.1) is 24.0 Å². The molecule has 0 aromatic heterocycles. The summed E-state index contributed by atoms with van der Waals surface area (Å²) >= 11 is 0. The highest BCUT2D eigenvalue weighted by molar-refractivity contribution is 14.0. The van der Waals surface area contributed by atoms with E-state index >= 15 is 0 Å². The fourth-order valence-corrected chi connectivity index (χ4v) is 2.77. The zero-order valence-corrected chi connectivity index (χ0v) is 20.6. The SMILES string of the molecule is CCNC(=NCc1ccc(OC)c(OC)c1)NCc1ccc(OCC)c(OC)c1.I. The van der Waals surface area contributed by atoms with Crippen molar-refractivity contribution in [2.75, 3.05) is 34.5 Å². The van der Waals surface area contributed by atoms with Crippen LogP contribution < -0.4 is 29.6 Å². The Kier molecular flexibility index (Phi) is 11.8. The highest BCUT2D eigenvalue weighted by Crippen LogP contribution is 2.28. The molecule has 0 heterocycles. The Morgan fingerprint density at radius 1 is 0.800 bits per heavy atom. The third kappa shape index (κ3) is 7.47. The Bertz CT molecular complexity index is 815. The summed E-state index contributed by atoms with van der Waals surface area (Å²) in [6.45, 7) is 6.48. The van der Waals surface area contributed by atoms with Gasteiger partial charge in [-0.2, -0.15) is 0 Å². The van der Waals surface area contributed by atoms with E-state index in [1.165, 1.54) is 0 Å². The van der Waals surface area contributed by atoms with Crippen LogP contribution >= 0.6 is 24.0 Å². The lowest BCUT2D eigenvalue weighted by atomic mass is 10.2. The molecule has 0 bridgehead atoms. The summed E-state index contributed by atoms with van der Waals surface area (Å²) in [5.41, 5.74) is 2.10. The molecule has 8 heteroatoms. The number of hydrogen-bond acceptors (Lipinski definition) is 5. The van der Waals surface area contributed by atoms with Crippen LogP contribution in [0.5, 0.6) is 23.0 Å². The molecule has 0 aliphatic carbocycles. The Hall–Kier alpha value is -2.36. The molecule has 0 atom stereocenters. The summed E-state index contributed by atoms with van der Waals surface area (Å²) < 4.78 is 21.6. The van der Waals surface area contributed by atoms with Crippen molar-refractivity contribution in [2.24, 2.45) is 4.99 Å². The summed E-state index contributed by atoms with van der Waals surface area (Å²) in [5, 5.41) is 6.61. The van der Waals surface area contributed by atoms with Crippen LogP contribution in [-0.4, -0.2) is 40.4 Å². The number of benzene rings is 2. The molecular weight excluding hydrogens is 497 g/mol. The van der Waals surface area contributed by atoms with Crippen LogP contribution in [0.25, 0.3) is 0 Å². The van der Waals surface area contributed by atoms with Crippen LogP contribution in [0, 0.1) is 0 Å². The summed E-state index contributed by atoms with van der Waals surface area (Å²) in [4.78, 5) is 4.66. The maximum absolute atomic E-state index is 5.57. The number of rotatable bonds is 10. The number of nitrogens with zero attached hydrogens (tertiary/aromatic N) is 1. The topological polar surface area (TPSA) is 73.3 Å². The van der Waals surface area contributed by atoms with Gasteiger partial charge in [0.25, 0.3) is 0 Å². The normalized spacial score (nSPS) is 10.6. The van der Waals surface area contributed by atoms with Crippen molar-refractivity contribution in [2.45, 2.75) is 26.9 Å². The molecule has 166 valence electrons.